The number of aromatic amines is 1. The molecule has 1 fully saturated rings. The van der Waals surface area contributed by atoms with Crippen molar-refractivity contribution in [2.24, 2.45) is 0 Å². The molecule has 0 atom stereocenters. The number of ether oxygens (including phenoxy) is 1. The molecule has 0 spiro atoms. The highest BCUT2D eigenvalue weighted by atomic mass is 16.5. The number of rotatable bonds is 3. The maximum Gasteiger partial charge on any atom is 0.156 e. The standard InChI is InChI=1S/C22H23N5O/c1-15-4-3-5-17(12-15)18-6-7-27(25-18)21-14-20(26-8-10-28-11-9-26)22-19(24-21)13-16(2)23-22/h3-7,12-14,23H,8-11H2,1-2H3. The highest BCUT2D eigenvalue weighted by Gasteiger charge is 2.18. The van der Waals surface area contributed by atoms with Gasteiger partial charge < -0.3 is 14.6 Å². The Labute approximate surface area is 163 Å². The van der Waals surface area contributed by atoms with Crippen LogP contribution in [0.25, 0.3) is 28.1 Å². The topological polar surface area (TPSA) is 59.0 Å². The normalized spacial score (nSPS) is 14.7. The van der Waals surface area contributed by atoms with Crippen LogP contribution >= 0.6 is 0 Å². The number of pyridine rings is 1. The van der Waals surface area contributed by atoms with E-state index in [1.165, 1.54) is 5.56 Å². The van der Waals surface area contributed by atoms with Gasteiger partial charge in [0.1, 0.15) is 0 Å². The molecule has 0 saturated carbocycles. The number of aryl methyl sites for hydroxylation is 2. The smallest absolute Gasteiger partial charge is 0.156 e. The Morgan fingerprint density at radius 1 is 1.04 bits per heavy atom. The summed E-state index contributed by atoms with van der Waals surface area (Å²) in [6, 6.07) is 14.6. The quantitative estimate of drug-likeness (QED) is 0.592. The Morgan fingerprint density at radius 3 is 2.71 bits per heavy atom. The van der Waals surface area contributed by atoms with Gasteiger partial charge in [-0.25, -0.2) is 9.67 Å². The molecule has 1 saturated heterocycles. The number of hydrogen-bond donors (Lipinski definition) is 1. The zero-order valence-corrected chi connectivity index (χ0v) is 16.1. The first-order valence-corrected chi connectivity index (χ1v) is 9.63. The van der Waals surface area contributed by atoms with Crippen LogP contribution in [0.2, 0.25) is 0 Å². The molecule has 4 aromatic rings. The molecule has 0 radical (unpaired) electrons. The van der Waals surface area contributed by atoms with Crippen molar-refractivity contribution in [2.75, 3.05) is 31.2 Å². The lowest BCUT2D eigenvalue weighted by atomic mass is 10.1. The van der Waals surface area contributed by atoms with Gasteiger partial charge in [0, 0.05) is 36.6 Å². The van der Waals surface area contributed by atoms with E-state index in [2.05, 4.69) is 60.1 Å². The Morgan fingerprint density at radius 2 is 1.89 bits per heavy atom. The molecular weight excluding hydrogens is 350 g/mol. The van der Waals surface area contributed by atoms with Crippen LogP contribution in [0.4, 0.5) is 5.69 Å². The SMILES string of the molecule is Cc1cccc(-c2ccn(-c3cc(N4CCOCC4)c4[nH]c(C)cc4n3)n2)c1. The maximum absolute atomic E-state index is 5.53. The van der Waals surface area contributed by atoms with Crippen molar-refractivity contribution < 1.29 is 4.74 Å². The third kappa shape index (κ3) is 3.05. The number of morpholine rings is 1. The largest absolute Gasteiger partial charge is 0.378 e. The molecule has 0 aliphatic carbocycles. The van der Waals surface area contributed by atoms with Crippen LogP contribution in [-0.4, -0.2) is 46.1 Å². The number of hydrogen-bond acceptors (Lipinski definition) is 4. The fourth-order valence-corrected chi connectivity index (χ4v) is 3.79. The van der Waals surface area contributed by atoms with Crippen LogP contribution < -0.4 is 4.90 Å². The van der Waals surface area contributed by atoms with Gasteiger partial charge in [0.05, 0.1) is 35.6 Å². The number of aromatic nitrogens is 4. The lowest BCUT2D eigenvalue weighted by Gasteiger charge is -2.29. The molecule has 1 aromatic carbocycles. The molecule has 6 nitrogen and oxygen atoms in total. The fraction of sp³-hybridized carbons (Fsp3) is 0.273. The predicted octanol–water partition coefficient (Wildman–Crippen LogP) is 3.87. The molecule has 28 heavy (non-hydrogen) atoms. The summed E-state index contributed by atoms with van der Waals surface area (Å²) in [4.78, 5) is 10.7. The zero-order chi connectivity index (χ0) is 19.1. The average molecular weight is 373 g/mol. The molecule has 0 unspecified atom stereocenters. The minimum atomic E-state index is 0.748. The second kappa shape index (κ2) is 6.80. The van der Waals surface area contributed by atoms with Crippen molar-refractivity contribution in [3.63, 3.8) is 0 Å². The van der Waals surface area contributed by atoms with Gasteiger partial charge in [0.25, 0.3) is 0 Å². The highest BCUT2D eigenvalue weighted by molar-refractivity contribution is 5.90. The first-order valence-electron chi connectivity index (χ1n) is 9.63. The van der Waals surface area contributed by atoms with E-state index < -0.39 is 0 Å². The zero-order valence-electron chi connectivity index (χ0n) is 16.1. The molecule has 3 aromatic heterocycles. The van der Waals surface area contributed by atoms with E-state index in [1.54, 1.807) is 0 Å². The lowest BCUT2D eigenvalue weighted by Crippen LogP contribution is -2.36. The van der Waals surface area contributed by atoms with E-state index in [0.717, 1.165) is 65.8 Å². The van der Waals surface area contributed by atoms with Crippen LogP contribution in [0, 0.1) is 13.8 Å². The molecule has 4 heterocycles. The van der Waals surface area contributed by atoms with Crippen LogP contribution in [-0.2, 0) is 4.74 Å². The third-order valence-corrected chi connectivity index (χ3v) is 5.18. The minimum Gasteiger partial charge on any atom is -0.378 e. The van der Waals surface area contributed by atoms with E-state index in [0.29, 0.717) is 0 Å². The summed E-state index contributed by atoms with van der Waals surface area (Å²) >= 11 is 0. The van der Waals surface area contributed by atoms with Gasteiger partial charge in [-0.05, 0) is 32.0 Å². The molecule has 0 bridgehead atoms. The third-order valence-electron chi connectivity index (χ3n) is 5.18. The number of anilines is 1. The monoisotopic (exact) mass is 373 g/mol. The van der Waals surface area contributed by atoms with E-state index >= 15 is 0 Å². The van der Waals surface area contributed by atoms with Crippen LogP contribution in [0.1, 0.15) is 11.3 Å². The van der Waals surface area contributed by atoms with Gasteiger partial charge in [-0.1, -0.05) is 23.8 Å². The summed E-state index contributed by atoms with van der Waals surface area (Å²) in [6.07, 6.45) is 1.98. The molecule has 1 aliphatic heterocycles. The van der Waals surface area contributed by atoms with Crippen molar-refractivity contribution in [2.45, 2.75) is 13.8 Å². The Bertz CT molecular complexity index is 1140. The van der Waals surface area contributed by atoms with Crippen molar-refractivity contribution in [1.82, 2.24) is 19.7 Å². The Balaban J connectivity index is 1.59. The summed E-state index contributed by atoms with van der Waals surface area (Å²) in [5, 5.41) is 4.79. The van der Waals surface area contributed by atoms with Gasteiger partial charge in [-0.3, -0.25) is 0 Å². The van der Waals surface area contributed by atoms with Crippen LogP contribution in [0.3, 0.4) is 0 Å². The van der Waals surface area contributed by atoms with Crippen molar-refractivity contribution in [3.8, 4) is 17.1 Å². The maximum atomic E-state index is 5.53. The summed E-state index contributed by atoms with van der Waals surface area (Å²) in [6.45, 7) is 7.41. The van der Waals surface area contributed by atoms with Crippen molar-refractivity contribution >= 4 is 16.7 Å². The Kier molecular flexibility index (Phi) is 4.13. The number of benzene rings is 1. The van der Waals surface area contributed by atoms with E-state index in [1.807, 2.05) is 16.9 Å². The Hall–Kier alpha value is -3.12. The summed E-state index contributed by atoms with van der Waals surface area (Å²) in [7, 11) is 0. The average Bonchev–Trinajstić information content (AvgIpc) is 3.34. The second-order valence-corrected chi connectivity index (χ2v) is 7.33. The van der Waals surface area contributed by atoms with Gasteiger partial charge in [0.2, 0.25) is 0 Å². The molecule has 5 rings (SSSR count). The van der Waals surface area contributed by atoms with E-state index in [9.17, 15) is 0 Å². The molecule has 1 aliphatic rings. The van der Waals surface area contributed by atoms with E-state index in [-0.39, 0.29) is 0 Å². The van der Waals surface area contributed by atoms with Gasteiger partial charge >= 0.3 is 0 Å². The molecule has 0 amide bonds. The lowest BCUT2D eigenvalue weighted by molar-refractivity contribution is 0.123. The first kappa shape index (κ1) is 17.0. The fourth-order valence-electron chi connectivity index (χ4n) is 3.79. The molecule has 6 heteroatoms. The molecular formula is C22H23N5O. The van der Waals surface area contributed by atoms with Crippen molar-refractivity contribution in [1.29, 1.82) is 0 Å². The highest BCUT2D eigenvalue weighted by Crippen LogP contribution is 2.29. The number of fused-ring (bicyclic) bond motifs is 1. The first-order chi connectivity index (χ1) is 13.7. The number of nitrogens with one attached hydrogen (secondary N) is 1. The van der Waals surface area contributed by atoms with Gasteiger partial charge in [0.15, 0.2) is 5.82 Å². The van der Waals surface area contributed by atoms with Crippen molar-refractivity contribution in [3.05, 3.63) is 59.9 Å². The van der Waals surface area contributed by atoms with Gasteiger partial charge in [-0.2, -0.15) is 5.10 Å². The van der Waals surface area contributed by atoms with Gasteiger partial charge in [-0.15, -0.1) is 0 Å². The molecule has 1 N–H and O–H groups in total. The molecule has 142 valence electrons. The summed E-state index contributed by atoms with van der Waals surface area (Å²) in [5.41, 5.74) is 7.59. The summed E-state index contributed by atoms with van der Waals surface area (Å²) < 4.78 is 7.39. The number of nitrogens with zero attached hydrogens (tertiary/aromatic N) is 4. The summed E-state index contributed by atoms with van der Waals surface area (Å²) in [5.74, 6) is 0.826. The number of H-pyrrole nitrogens is 1. The van der Waals surface area contributed by atoms with Crippen LogP contribution in [0.5, 0.6) is 0 Å². The minimum absolute atomic E-state index is 0.748. The van der Waals surface area contributed by atoms with E-state index in [4.69, 9.17) is 14.8 Å². The predicted molar refractivity (Wildman–Crippen MR) is 111 cm³/mol. The van der Waals surface area contributed by atoms with Crippen LogP contribution in [0.15, 0.2) is 48.7 Å². The second-order valence-electron chi connectivity index (χ2n) is 7.33.